The number of nitrogens with zero attached hydrogens (tertiary/aromatic N) is 2. The van der Waals surface area contributed by atoms with Gasteiger partial charge in [0.2, 0.25) is 0 Å². The number of aryl methyl sites for hydroxylation is 1. The maximum atomic E-state index is 14.2. The van der Waals surface area contributed by atoms with E-state index >= 15 is 0 Å². The second-order valence-electron chi connectivity index (χ2n) is 6.15. The first-order valence-electron chi connectivity index (χ1n) is 7.88. The monoisotopic (exact) mass is 446 g/mol. The number of alkyl halides is 3. The summed E-state index contributed by atoms with van der Waals surface area (Å²) in [5.74, 6) is -1.20. The SMILES string of the molecule is Cc1cc(C2=NOC(c3cc(Cl)cc(Cl)c3)(C(F)(F)F)/C2=N\O)ccc1C(=O)O. The zero-order valence-corrected chi connectivity index (χ0v) is 16.0. The number of hydrogen-bond acceptors (Lipinski definition) is 5. The van der Waals surface area contributed by atoms with Gasteiger partial charge in [-0.1, -0.05) is 39.6 Å². The van der Waals surface area contributed by atoms with Crippen LogP contribution in [0.1, 0.15) is 27.0 Å². The summed E-state index contributed by atoms with van der Waals surface area (Å²) in [6, 6.07) is 6.92. The van der Waals surface area contributed by atoms with Gasteiger partial charge in [-0.2, -0.15) is 13.2 Å². The lowest BCUT2D eigenvalue weighted by Gasteiger charge is -2.29. The van der Waals surface area contributed by atoms with Crippen LogP contribution in [0.2, 0.25) is 10.0 Å². The van der Waals surface area contributed by atoms with E-state index in [1.807, 2.05) is 0 Å². The molecule has 1 heterocycles. The Kier molecular flexibility index (Phi) is 5.22. The molecule has 1 atom stereocenters. The van der Waals surface area contributed by atoms with Gasteiger partial charge in [-0.05, 0) is 42.8 Å². The van der Waals surface area contributed by atoms with Gasteiger partial charge >= 0.3 is 17.7 Å². The molecule has 29 heavy (non-hydrogen) atoms. The highest BCUT2D eigenvalue weighted by Gasteiger charge is 2.67. The molecule has 2 N–H and O–H groups in total. The van der Waals surface area contributed by atoms with Gasteiger partial charge < -0.3 is 15.2 Å². The molecule has 0 radical (unpaired) electrons. The van der Waals surface area contributed by atoms with Crippen LogP contribution in [0.25, 0.3) is 0 Å². The lowest BCUT2D eigenvalue weighted by molar-refractivity contribution is -0.250. The van der Waals surface area contributed by atoms with Crippen LogP contribution in [0.3, 0.4) is 0 Å². The standard InChI is InChI=1S/C18H11Cl2F3N2O4/c1-8-4-9(2-3-13(8)16(26)27)14-15(24-28)17(29-25-14,18(21,22)23)10-5-11(19)7-12(20)6-10/h2-7,28H,1H3,(H,26,27)/b24-15-. The third-order valence-corrected chi connectivity index (χ3v) is 4.77. The molecule has 0 saturated heterocycles. The highest BCUT2D eigenvalue weighted by molar-refractivity contribution is 6.51. The van der Waals surface area contributed by atoms with Crippen LogP contribution in [0, 0.1) is 6.92 Å². The van der Waals surface area contributed by atoms with Crippen molar-refractivity contribution in [2.24, 2.45) is 10.3 Å². The summed E-state index contributed by atoms with van der Waals surface area (Å²) in [5, 5.41) is 24.7. The fourth-order valence-corrected chi connectivity index (χ4v) is 3.55. The predicted octanol–water partition coefficient (Wildman–Crippen LogP) is 5.02. The number of carbonyl (C=O) groups is 1. The predicted molar refractivity (Wildman–Crippen MR) is 99.2 cm³/mol. The van der Waals surface area contributed by atoms with Crippen molar-refractivity contribution in [1.82, 2.24) is 0 Å². The van der Waals surface area contributed by atoms with E-state index in [0.29, 0.717) is 0 Å². The van der Waals surface area contributed by atoms with Gasteiger partial charge in [0.15, 0.2) is 5.71 Å². The molecule has 1 unspecified atom stereocenters. The molecule has 0 fully saturated rings. The summed E-state index contributed by atoms with van der Waals surface area (Å²) in [4.78, 5) is 16.0. The first-order chi connectivity index (χ1) is 13.5. The molecule has 0 aliphatic carbocycles. The average molecular weight is 447 g/mol. The second-order valence-corrected chi connectivity index (χ2v) is 7.02. The van der Waals surface area contributed by atoms with Crippen molar-refractivity contribution in [2.45, 2.75) is 18.7 Å². The molecule has 1 aliphatic rings. The maximum Gasteiger partial charge on any atom is 0.441 e. The topological polar surface area (TPSA) is 91.5 Å². The van der Waals surface area contributed by atoms with E-state index in [0.717, 1.165) is 12.1 Å². The van der Waals surface area contributed by atoms with E-state index < -0.39 is 34.7 Å². The smallest absolute Gasteiger partial charge is 0.441 e. The van der Waals surface area contributed by atoms with E-state index in [1.54, 1.807) is 0 Å². The Bertz CT molecular complexity index is 1050. The van der Waals surface area contributed by atoms with Crippen molar-refractivity contribution in [3.63, 3.8) is 0 Å². The molecule has 0 saturated carbocycles. The number of carboxylic acids is 1. The third kappa shape index (κ3) is 3.40. The maximum absolute atomic E-state index is 14.2. The Labute approximate surface area is 171 Å². The number of halogens is 5. The minimum Gasteiger partial charge on any atom is -0.478 e. The summed E-state index contributed by atoms with van der Waals surface area (Å²) in [7, 11) is 0. The van der Waals surface area contributed by atoms with Crippen LogP contribution in [0.5, 0.6) is 0 Å². The molecule has 0 spiro atoms. The van der Waals surface area contributed by atoms with Crippen molar-refractivity contribution < 1.29 is 33.1 Å². The van der Waals surface area contributed by atoms with Crippen LogP contribution >= 0.6 is 23.2 Å². The van der Waals surface area contributed by atoms with E-state index in [4.69, 9.17) is 33.1 Å². The summed E-state index contributed by atoms with van der Waals surface area (Å²) in [6.45, 7) is 1.47. The Balaban J connectivity index is 2.19. The summed E-state index contributed by atoms with van der Waals surface area (Å²) < 4.78 is 42.6. The Morgan fingerprint density at radius 2 is 1.79 bits per heavy atom. The van der Waals surface area contributed by atoms with Gasteiger partial charge in [0.25, 0.3) is 0 Å². The lowest BCUT2D eigenvalue weighted by Crippen LogP contribution is -2.50. The van der Waals surface area contributed by atoms with Crippen molar-refractivity contribution in [3.8, 4) is 0 Å². The van der Waals surface area contributed by atoms with Gasteiger partial charge in [0, 0.05) is 21.2 Å². The molecule has 11 heteroatoms. The number of oxime groups is 2. The summed E-state index contributed by atoms with van der Waals surface area (Å²) >= 11 is 11.7. The summed E-state index contributed by atoms with van der Waals surface area (Å²) in [5.41, 5.74) is -4.85. The van der Waals surface area contributed by atoms with Gasteiger partial charge in [-0.3, -0.25) is 0 Å². The molecule has 2 aromatic rings. The Morgan fingerprint density at radius 3 is 2.28 bits per heavy atom. The van der Waals surface area contributed by atoms with Crippen LogP contribution < -0.4 is 0 Å². The van der Waals surface area contributed by atoms with E-state index in [1.165, 1.54) is 31.2 Å². The number of aromatic carboxylic acids is 1. The molecule has 6 nitrogen and oxygen atoms in total. The molecule has 0 bridgehead atoms. The normalized spacial score (nSPS) is 20.5. The number of benzene rings is 2. The van der Waals surface area contributed by atoms with Gasteiger partial charge in [0.05, 0.1) is 5.56 Å². The van der Waals surface area contributed by atoms with Crippen molar-refractivity contribution in [1.29, 1.82) is 0 Å². The minimum absolute atomic E-state index is 0.0422. The number of carboxylic acid groups (broad SMARTS) is 1. The first kappa shape index (κ1) is 20.9. The molecule has 0 amide bonds. The fourth-order valence-electron chi connectivity index (χ4n) is 3.02. The quantitative estimate of drug-likeness (QED) is 0.511. The highest BCUT2D eigenvalue weighted by atomic mass is 35.5. The molecule has 152 valence electrons. The van der Waals surface area contributed by atoms with Crippen molar-refractivity contribution in [3.05, 3.63) is 68.7 Å². The zero-order chi connectivity index (χ0) is 21.6. The van der Waals surface area contributed by atoms with E-state index in [9.17, 15) is 23.2 Å². The average Bonchev–Trinajstić information content (AvgIpc) is 3.00. The van der Waals surface area contributed by atoms with E-state index in [2.05, 4.69) is 10.3 Å². The van der Waals surface area contributed by atoms with E-state index in [-0.39, 0.29) is 26.7 Å². The highest BCUT2D eigenvalue weighted by Crippen LogP contribution is 2.48. The number of rotatable bonds is 3. The molecular formula is C18H11Cl2F3N2O4. The molecular weight excluding hydrogens is 436 g/mol. The van der Waals surface area contributed by atoms with Gasteiger partial charge in [0.1, 0.15) is 5.71 Å². The molecule has 3 rings (SSSR count). The largest absolute Gasteiger partial charge is 0.478 e. The van der Waals surface area contributed by atoms with Crippen LogP contribution in [0.15, 0.2) is 46.7 Å². The number of hydrogen-bond donors (Lipinski definition) is 2. The Morgan fingerprint density at radius 1 is 1.17 bits per heavy atom. The zero-order valence-electron chi connectivity index (χ0n) is 14.5. The molecule has 2 aromatic carbocycles. The molecule has 0 aromatic heterocycles. The van der Waals surface area contributed by atoms with Crippen molar-refractivity contribution >= 4 is 40.6 Å². The van der Waals surface area contributed by atoms with Crippen molar-refractivity contribution in [2.75, 3.05) is 0 Å². The summed E-state index contributed by atoms with van der Waals surface area (Å²) in [6.07, 6.45) is -5.11. The van der Waals surface area contributed by atoms with Crippen LogP contribution in [0.4, 0.5) is 13.2 Å². The van der Waals surface area contributed by atoms with Crippen LogP contribution in [-0.4, -0.2) is 33.9 Å². The Hall–Kier alpha value is -2.78. The minimum atomic E-state index is -5.11. The first-order valence-corrected chi connectivity index (χ1v) is 8.63. The third-order valence-electron chi connectivity index (χ3n) is 4.33. The van der Waals surface area contributed by atoms with Gasteiger partial charge in [-0.25, -0.2) is 4.79 Å². The van der Waals surface area contributed by atoms with Crippen LogP contribution in [-0.2, 0) is 10.4 Å². The van der Waals surface area contributed by atoms with Gasteiger partial charge in [-0.15, -0.1) is 0 Å². The fraction of sp³-hybridized carbons (Fsp3) is 0.167. The molecule has 1 aliphatic heterocycles. The second kappa shape index (κ2) is 7.23. The lowest BCUT2D eigenvalue weighted by atomic mass is 9.84.